The maximum absolute atomic E-state index is 9.83. The van der Waals surface area contributed by atoms with Gasteiger partial charge in [0.05, 0.1) is 0 Å². The molecule has 0 amide bonds. The lowest BCUT2D eigenvalue weighted by molar-refractivity contribution is 0.184. The van der Waals surface area contributed by atoms with Crippen LogP contribution < -0.4 is 0 Å². The minimum Gasteiger partial charge on any atom is -0.384 e. The first-order chi connectivity index (χ1) is 7.00. The first-order valence-electron chi connectivity index (χ1n) is 4.31. The molecule has 80 valence electrons. The van der Waals surface area contributed by atoms with E-state index in [0.29, 0.717) is 5.56 Å². The van der Waals surface area contributed by atoms with Crippen LogP contribution in [-0.2, 0) is 0 Å². The van der Waals surface area contributed by atoms with E-state index >= 15 is 0 Å². The highest BCUT2D eigenvalue weighted by atomic mass is 35.6. The van der Waals surface area contributed by atoms with Crippen molar-refractivity contribution in [3.8, 4) is 0 Å². The monoisotopic (exact) mass is 263 g/mol. The zero-order valence-corrected chi connectivity index (χ0v) is 9.81. The third-order valence-electron chi connectivity index (χ3n) is 2.23. The minimum atomic E-state index is -1.72. The Morgan fingerprint density at radius 2 is 1.87 bits per heavy atom. The van der Waals surface area contributed by atoms with Gasteiger partial charge in [0.25, 0.3) is 0 Å². The van der Waals surface area contributed by atoms with Gasteiger partial charge in [-0.2, -0.15) is 0 Å². The van der Waals surface area contributed by atoms with Gasteiger partial charge in [0.1, 0.15) is 6.10 Å². The Labute approximate surface area is 102 Å². The molecule has 1 unspecified atom stereocenters. The molecule has 1 aromatic carbocycles. The van der Waals surface area contributed by atoms with Gasteiger partial charge in [-0.25, -0.2) is 0 Å². The Bertz CT molecular complexity index is 475. The van der Waals surface area contributed by atoms with Crippen LogP contribution >= 0.6 is 34.8 Å². The number of nitrogens with one attached hydrogen (secondary N) is 1. The molecule has 0 aliphatic heterocycles. The molecule has 5 heteroatoms. The van der Waals surface area contributed by atoms with Gasteiger partial charge in [0.15, 0.2) is 0 Å². The Morgan fingerprint density at radius 3 is 2.53 bits per heavy atom. The lowest BCUT2D eigenvalue weighted by Crippen LogP contribution is -2.15. The summed E-state index contributed by atoms with van der Waals surface area (Å²) >= 11 is 16.9. The molecule has 2 aromatic rings. The van der Waals surface area contributed by atoms with Crippen molar-refractivity contribution < 1.29 is 5.11 Å². The average molecular weight is 265 g/mol. The fraction of sp³-hybridized carbons (Fsp3) is 0.200. The largest absolute Gasteiger partial charge is 0.384 e. The predicted molar refractivity (Wildman–Crippen MR) is 63.5 cm³/mol. The summed E-state index contributed by atoms with van der Waals surface area (Å²) in [5.74, 6) is 0. The number of aliphatic hydroxyl groups excluding tert-OH is 1. The van der Waals surface area contributed by atoms with Crippen LogP contribution in [0.2, 0.25) is 0 Å². The van der Waals surface area contributed by atoms with E-state index in [2.05, 4.69) is 4.98 Å². The maximum atomic E-state index is 9.83. The quantitative estimate of drug-likeness (QED) is 0.759. The molecule has 0 bridgehead atoms. The number of fused-ring (bicyclic) bond motifs is 1. The summed E-state index contributed by atoms with van der Waals surface area (Å²) in [5.41, 5.74) is 1.49. The highest BCUT2D eigenvalue weighted by Gasteiger charge is 2.33. The summed E-state index contributed by atoms with van der Waals surface area (Å²) in [6, 6.07) is 7.51. The van der Waals surface area contributed by atoms with E-state index < -0.39 is 9.90 Å². The van der Waals surface area contributed by atoms with Crippen molar-refractivity contribution in [2.24, 2.45) is 0 Å². The third kappa shape index (κ3) is 2.08. The van der Waals surface area contributed by atoms with Gasteiger partial charge >= 0.3 is 0 Å². The number of rotatable bonds is 1. The van der Waals surface area contributed by atoms with Gasteiger partial charge in [-0.15, -0.1) is 0 Å². The number of aromatic amines is 1. The Hall–Kier alpha value is -0.410. The highest BCUT2D eigenvalue weighted by molar-refractivity contribution is 6.68. The van der Waals surface area contributed by atoms with Crippen LogP contribution in [-0.4, -0.2) is 13.9 Å². The van der Waals surface area contributed by atoms with Crippen LogP contribution in [0.3, 0.4) is 0 Å². The first-order valence-corrected chi connectivity index (χ1v) is 5.44. The molecular weight excluding hydrogens is 256 g/mol. The van der Waals surface area contributed by atoms with Gasteiger partial charge in [-0.05, 0) is 6.07 Å². The highest BCUT2D eigenvalue weighted by Crippen LogP contribution is 2.41. The molecule has 0 spiro atoms. The lowest BCUT2D eigenvalue weighted by atomic mass is 10.1. The normalized spacial score (nSPS) is 14.4. The van der Waals surface area contributed by atoms with Gasteiger partial charge in [-0.3, -0.25) is 0 Å². The standard InChI is InChI=1S/C10H8Cl3NO/c11-10(12,13)9(15)7-5-14-8-4-2-1-3-6(7)8/h1-5,9,14-15H. The molecule has 0 saturated heterocycles. The van der Waals surface area contributed by atoms with Crippen molar-refractivity contribution in [1.29, 1.82) is 0 Å². The van der Waals surface area contributed by atoms with E-state index in [1.807, 2.05) is 24.3 Å². The number of alkyl halides is 3. The molecular formula is C10H8Cl3NO. The molecule has 1 heterocycles. The second-order valence-electron chi connectivity index (χ2n) is 3.23. The number of hydrogen-bond donors (Lipinski definition) is 2. The number of hydrogen-bond acceptors (Lipinski definition) is 1. The molecule has 2 nitrogen and oxygen atoms in total. The number of benzene rings is 1. The maximum Gasteiger partial charge on any atom is 0.220 e. The Kier molecular flexibility index (Phi) is 2.86. The molecule has 1 aromatic heterocycles. The number of para-hydroxylation sites is 1. The Morgan fingerprint density at radius 1 is 1.20 bits per heavy atom. The van der Waals surface area contributed by atoms with Gasteiger partial charge in [-0.1, -0.05) is 53.0 Å². The second-order valence-corrected chi connectivity index (χ2v) is 5.60. The van der Waals surface area contributed by atoms with E-state index in [1.54, 1.807) is 6.20 Å². The summed E-state index contributed by atoms with van der Waals surface area (Å²) < 4.78 is -1.72. The average Bonchev–Trinajstić information content (AvgIpc) is 2.58. The molecule has 2 rings (SSSR count). The predicted octanol–water partition coefficient (Wildman–Crippen LogP) is 3.57. The molecule has 0 aliphatic rings. The lowest BCUT2D eigenvalue weighted by Gasteiger charge is -2.18. The molecule has 0 saturated carbocycles. The van der Waals surface area contributed by atoms with Gasteiger partial charge < -0.3 is 10.1 Å². The van der Waals surface area contributed by atoms with Crippen LogP contribution in [0.1, 0.15) is 11.7 Å². The Balaban J connectivity index is 2.53. The zero-order valence-electron chi connectivity index (χ0n) is 7.55. The molecule has 1 atom stereocenters. The van der Waals surface area contributed by atoms with Crippen molar-refractivity contribution in [2.75, 3.05) is 0 Å². The molecule has 0 aliphatic carbocycles. The van der Waals surface area contributed by atoms with Crippen LogP contribution in [0.15, 0.2) is 30.5 Å². The summed E-state index contributed by atoms with van der Waals surface area (Å²) in [5, 5.41) is 10.7. The van der Waals surface area contributed by atoms with Crippen molar-refractivity contribution in [1.82, 2.24) is 4.98 Å². The topological polar surface area (TPSA) is 36.0 Å². The van der Waals surface area contributed by atoms with Crippen molar-refractivity contribution in [2.45, 2.75) is 9.90 Å². The van der Waals surface area contributed by atoms with E-state index in [4.69, 9.17) is 34.8 Å². The zero-order chi connectivity index (χ0) is 11.1. The smallest absolute Gasteiger partial charge is 0.220 e. The number of aromatic nitrogens is 1. The van der Waals surface area contributed by atoms with Crippen LogP contribution in [0.5, 0.6) is 0 Å². The van der Waals surface area contributed by atoms with Crippen molar-refractivity contribution >= 4 is 45.7 Å². The van der Waals surface area contributed by atoms with Gasteiger partial charge in [0.2, 0.25) is 3.79 Å². The molecule has 2 N–H and O–H groups in total. The molecule has 15 heavy (non-hydrogen) atoms. The summed E-state index contributed by atoms with van der Waals surface area (Å²) in [6.07, 6.45) is 0.510. The third-order valence-corrected chi connectivity index (χ3v) is 2.85. The number of halogens is 3. The van der Waals surface area contributed by atoms with Crippen LogP contribution in [0.25, 0.3) is 10.9 Å². The van der Waals surface area contributed by atoms with Crippen molar-refractivity contribution in [3.63, 3.8) is 0 Å². The SMILES string of the molecule is OC(c1c[nH]c2ccccc12)C(Cl)(Cl)Cl. The number of H-pyrrole nitrogens is 1. The van der Waals surface area contributed by atoms with E-state index in [9.17, 15) is 5.11 Å². The summed E-state index contributed by atoms with van der Waals surface area (Å²) in [4.78, 5) is 3.01. The summed E-state index contributed by atoms with van der Waals surface area (Å²) in [6.45, 7) is 0. The van der Waals surface area contributed by atoms with Crippen LogP contribution in [0.4, 0.5) is 0 Å². The van der Waals surface area contributed by atoms with Gasteiger partial charge in [0, 0.05) is 22.7 Å². The summed E-state index contributed by atoms with van der Waals surface area (Å²) in [7, 11) is 0. The fourth-order valence-corrected chi connectivity index (χ4v) is 1.85. The number of aliphatic hydroxyl groups is 1. The van der Waals surface area contributed by atoms with E-state index in [1.165, 1.54) is 0 Å². The van der Waals surface area contributed by atoms with E-state index in [0.717, 1.165) is 10.9 Å². The molecule has 0 fully saturated rings. The van der Waals surface area contributed by atoms with Crippen LogP contribution in [0, 0.1) is 0 Å². The minimum absolute atomic E-state index is 0.589. The first kappa shape index (κ1) is 11.1. The van der Waals surface area contributed by atoms with E-state index in [-0.39, 0.29) is 0 Å². The fourth-order valence-electron chi connectivity index (χ4n) is 1.50. The van der Waals surface area contributed by atoms with Crippen molar-refractivity contribution in [3.05, 3.63) is 36.0 Å². The second kappa shape index (κ2) is 3.87. The molecule has 0 radical (unpaired) electrons.